The predicted molar refractivity (Wildman–Crippen MR) is 52.5 cm³/mol. The summed E-state index contributed by atoms with van der Waals surface area (Å²) in [5.41, 5.74) is 0. The Morgan fingerprint density at radius 1 is 1.46 bits per heavy atom. The SMILES string of the molecule is CC(C)CC(CO)NC(=O)N(C)C. The lowest BCUT2D eigenvalue weighted by molar-refractivity contribution is 0.190. The van der Waals surface area contributed by atoms with E-state index in [2.05, 4.69) is 19.2 Å². The van der Waals surface area contributed by atoms with E-state index in [9.17, 15) is 4.79 Å². The Bertz CT molecular complexity index is 158. The smallest absolute Gasteiger partial charge is 0.317 e. The normalized spacial score (nSPS) is 12.8. The number of urea groups is 1. The molecule has 0 aliphatic rings. The van der Waals surface area contributed by atoms with Gasteiger partial charge in [0.1, 0.15) is 0 Å². The van der Waals surface area contributed by atoms with E-state index in [1.54, 1.807) is 14.1 Å². The predicted octanol–water partition coefficient (Wildman–Crippen LogP) is 0.665. The van der Waals surface area contributed by atoms with E-state index in [0.29, 0.717) is 5.92 Å². The second-order valence-electron chi connectivity index (χ2n) is 3.85. The molecule has 0 aliphatic heterocycles. The van der Waals surface area contributed by atoms with Gasteiger partial charge in [0.2, 0.25) is 0 Å². The van der Waals surface area contributed by atoms with E-state index in [1.807, 2.05) is 0 Å². The number of aliphatic hydroxyl groups excluding tert-OH is 1. The molecule has 1 unspecified atom stereocenters. The fraction of sp³-hybridized carbons (Fsp3) is 0.889. The van der Waals surface area contributed by atoms with Crippen LogP contribution in [0, 0.1) is 5.92 Å². The van der Waals surface area contributed by atoms with E-state index in [0.717, 1.165) is 6.42 Å². The van der Waals surface area contributed by atoms with E-state index >= 15 is 0 Å². The van der Waals surface area contributed by atoms with Gasteiger partial charge in [0, 0.05) is 14.1 Å². The minimum atomic E-state index is -0.153. The standard InChI is InChI=1S/C9H20N2O2/c1-7(2)5-8(6-12)10-9(13)11(3)4/h7-8,12H,5-6H2,1-4H3,(H,10,13). The zero-order valence-corrected chi connectivity index (χ0v) is 8.87. The third-order valence-electron chi connectivity index (χ3n) is 1.71. The van der Waals surface area contributed by atoms with Gasteiger partial charge in [-0.05, 0) is 12.3 Å². The van der Waals surface area contributed by atoms with Gasteiger partial charge in [0.05, 0.1) is 12.6 Å². The highest BCUT2D eigenvalue weighted by Gasteiger charge is 2.13. The third kappa shape index (κ3) is 5.47. The van der Waals surface area contributed by atoms with Crippen molar-refractivity contribution < 1.29 is 9.90 Å². The number of hydrogen-bond donors (Lipinski definition) is 2. The summed E-state index contributed by atoms with van der Waals surface area (Å²) >= 11 is 0. The van der Waals surface area contributed by atoms with Crippen molar-refractivity contribution in [2.24, 2.45) is 5.92 Å². The molecule has 2 N–H and O–H groups in total. The summed E-state index contributed by atoms with van der Waals surface area (Å²) in [5.74, 6) is 0.472. The molecule has 0 fully saturated rings. The Kier molecular flexibility index (Phi) is 5.46. The first-order valence-corrected chi connectivity index (χ1v) is 4.56. The van der Waals surface area contributed by atoms with Gasteiger partial charge in [-0.3, -0.25) is 0 Å². The van der Waals surface area contributed by atoms with Crippen molar-refractivity contribution in [3.05, 3.63) is 0 Å². The molecular weight excluding hydrogens is 168 g/mol. The van der Waals surface area contributed by atoms with Gasteiger partial charge in [0.25, 0.3) is 0 Å². The largest absolute Gasteiger partial charge is 0.394 e. The molecule has 0 saturated carbocycles. The summed E-state index contributed by atoms with van der Waals surface area (Å²) in [5, 5.41) is 11.7. The molecular formula is C9H20N2O2. The number of aliphatic hydroxyl groups is 1. The minimum Gasteiger partial charge on any atom is -0.394 e. The summed E-state index contributed by atoms with van der Waals surface area (Å²) in [6.07, 6.45) is 0.802. The van der Waals surface area contributed by atoms with Gasteiger partial charge in [-0.1, -0.05) is 13.8 Å². The topological polar surface area (TPSA) is 52.6 Å². The summed E-state index contributed by atoms with van der Waals surface area (Å²) in [7, 11) is 3.36. The zero-order chi connectivity index (χ0) is 10.4. The van der Waals surface area contributed by atoms with E-state index in [4.69, 9.17) is 5.11 Å². The Labute approximate surface area is 79.9 Å². The molecule has 0 aromatic carbocycles. The Hall–Kier alpha value is -0.770. The molecule has 0 bridgehead atoms. The molecule has 4 heteroatoms. The highest BCUT2D eigenvalue weighted by molar-refractivity contribution is 5.73. The van der Waals surface area contributed by atoms with Crippen LogP contribution in [-0.2, 0) is 0 Å². The Balaban J connectivity index is 3.90. The van der Waals surface area contributed by atoms with Crippen LogP contribution >= 0.6 is 0 Å². The molecule has 0 saturated heterocycles. The molecule has 0 spiro atoms. The van der Waals surface area contributed by atoms with Crippen molar-refractivity contribution in [2.45, 2.75) is 26.3 Å². The van der Waals surface area contributed by atoms with Crippen molar-refractivity contribution in [1.29, 1.82) is 0 Å². The monoisotopic (exact) mass is 188 g/mol. The molecule has 0 aromatic heterocycles. The number of nitrogens with zero attached hydrogens (tertiary/aromatic N) is 1. The lowest BCUT2D eigenvalue weighted by atomic mass is 10.0. The number of hydrogen-bond acceptors (Lipinski definition) is 2. The summed E-state index contributed by atoms with van der Waals surface area (Å²) < 4.78 is 0. The van der Waals surface area contributed by atoms with Gasteiger partial charge in [-0.25, -0.2) is 4.79 Å². The highest BCUT2D eigenvalue weighted by Crippen LogP contribution is 2.04. The Morgan fingerprint density at radius 2 is 2.00 bits per heavy atom. The summed E-state index contributed by atoms with van der Waals surface area (Å²) in [4.78, 5) is 12.7. The number of amides is 2. The maximum atomic E-state index is 11.2. The maximum absolute atomic E-state index is 11.2. The molecule has 0 heterocycles. The molecule has 1 atom stereocenters. The lowest BCUT2D eigenvalue weighted by Crippen LogP contribution is -2.43. The van der Waals surface area contributed by atoms with Crippen LogP contribution in [0.15, 0.2) is 0 Å². The summed E-state index contributed by atoms with van der Waals surface area (Å²) in [6, 6.07) is -0.283. The van der Waals surface area contributed by atoms with Crippen molar-refractivity contribution in [3.63, 3.8) is 0 Å². The van der Waals surface area contributed by atoms with Crippen molar-refractivity contribution in [2.75, 3.05) is 20.7 Å². The van der Waals surface area contributed by atoms with Gasteiger partial charge in [0.15, 0.2) is 0 Å². The molecule has 0 aliphatic carbocycles. The van der Waals surface area contributed by atoms with Crippen LogP contribution < -0.4 is 5.32 Å². The van der Waals surface area contributed by atoms with Crippen molar-refractivity contribution in [1.82, 2.24) is 10.2 Å². The second-order valence-corrected chi connectivity index (χ2v) is 3.85. The maximum Gasteiger partial charge on any atom is 0.317 e. The molecule has 0 aromatic rings. The first kappa shape index (κ1) is 12.2. The second kappa shape index (κ2) is 5.80. The molecule has 78 valence electrons. The molecule has 2 amide bonds. The van der Waals surface area contributed by atoms with Crippen LogP contribution in [0.25, 0.3) is 0 Å². The van der Waals surface area contributed by atoms with E-state index in [-0.39, 0.29) is 18.7 Å². The first-order valence-electron chi connectivity index (χ1n) is 4.56. The number of rotatable bonds is 4. The van der Waals surface area contributed by atoms with E-state index in [1.165, 1.54) is 4.90 Å². The van der Waals surface area contributed by atoms with Gasteiger partial charge < -0.3 is 15.3 Å². The van der Waals surface area contributed by atoms with E-state index < -0.39 is 0 Å². The average Bonchev–Trinajstić information content (AvgIpc) is 2.02. The summed E-state index contributed by atoms with van der Waals surface area (Å²) in [6.45, 7) is 4.12. The quantitative estimate of drug-likeness (QED) is 0.681. The zero-order valence-electron chi connectivity index (χ0n) is 8.87. The average molecular weight is 188 g/mol. The van der Waals surface area contributed by atoms with Crippen molar-refractivity contribution in [3.8, 4) is 0 Å². The highest BCUT2D eigenvalue weighted by atomic mass is 16.3. The molecule has 4 nitrogen and oxygen atoms in total. The van der Waals surface area contributed by atoms with Crippen LogP contribution in [0.3, 0.4) is 0 Å². The number of carbonyl (C=O) groups excluding carboxylic acids is 1. The Morgan fingerprint density at radius 3 is 2.31 bits per heavy atom. The molecule has 0 radical (unpaired) electrons. The van der Waals surface area contributed by atoms with Crippen LogP contribution in [0.2, 0.25) is 0 Å². The van der Waals surface area contributed by atoms with Crippen LogP contribution in [0.5, 0.6) is 0 Å². The van der Waals surface area contributed by atoms with Crippen LogP contribution in [-0.4, -0.2) is 42.8 Å². The number of nitrogens with one attached hydrogen (secondary N) is 1. The van der Waals surface area contributed by atoms with Crippen LogP contribution in [0.1, 0.15) is 20.3 Å². The fourth-order valence-corrected chi connectivity index (χ4v) is 1.05. The molecule has 0 rings (SSSR count). The van der Waals surface area contributed by atoms with Crippen LogP contribution in [0.4, 0.5) is 4.79 Å². The van der Waals surface area contributed by atoms with Gasteiger partial charge >= 0.3 is 6.03 Å². The molecule has 13 heavy (non-hydrogen) atoms. The minimum absolute atomic E-state index is 0.00222. The lowest BCUT2D eigenvalue weighted by Gasteiger charge is -2.20. The number of carbonyl (C=O) groups is 1. The van der Waals surface area contributed by atoms with Crippen molar-refractivity contribution >= 4 is 6.03 Å². The van der Waals surface area contributed by atoms with Gasteiger partial charge in [-0.15, -0.1) is 0 Å². The third-order valence-corrected chi connectivity index (χ3v) is 1.71. The fourth-order valence-electron chi connectivity index (χ4n) is 1.05. The first-order chi connectivity index (χ1) is 5.97. The van der Waals surface area contributed by atoms with Gasteiger partial charge in [-0.2, -0.15) is 0 Å².